The minimum absolute atomic E-state index is 0.0318. The molecule has 106 valence electrons. The van der Waals surface area contributed by atoms with Gasteiger partial charge < -0.3 is 4.42 Å². The molecule has 2 aromatic heterocycles. The van der Waals surface area contributed by atoms with Crippen molar-refractivity contribution in [3.63, 3.8) is 0 Å². The smallest absolute Gasteiger partial charge is 0.125 e. The fraction of sp³-hybridized carbons (Fsp3) is 0.167. The molecule has 0 aliphatic rings. The molecule has 2 heterocycles. The lowest BCUT2D eigenvalue weighted by Crippen LogP contribution is -2.25. The zero-order valence-corrected chi connectivity index (χ0v) is 11.9. The van der Waals surface area contributed by atoms with E-state index in [0.717, 1.165) is 5.76 Å². The monoisotopic (exact) mass is 278 g/mol. The van der Waals surface area contributed by atoms with Gasteiger partial charge in [0, 0.05) is 18.4 Å². The van der Waals surface area contributed by atoms with E-state index in [2.05, 4.69) is 29.4 Å². The van der Waals surface area contributed by atoms with Gasteiger partial charge in [-0.15, -0.1) is 0 Å². The van der Waals surface area contributed by atoms with E-state index < -0.39 is 0 Å². The van der Waals surface area contributed by atoms with Crippen LogP contribution in [0.1, 0.15) is 35.9 Å². The van der Waals surface area contributed by atoms with Crippen molar-refractivity contribution >= 4 is 0 Å². The van der Waals surface area contributed by atoms with E-state index in [1.54, 1.807) is 6.26 Å². The largest absolute Gasteiger partial charge is 0.467 e. The highest BCUT2D eigenvalue weighted by Gasteiger charge is 2.19. The van der Waals surface area contributed by atoms with Gasteiger partial charge in [0.25, 0.3) is 0 Å². The molecule has 0 spiro atoms. The third-order valence-corrected chi connectivity index (χ3v) is 3.58. The van der Waals surface area contributed by atoms with Crippen molar-refractivity contribution in [2.75, 3.05) is 0 Å². The number of nitrogens with one attached hydrogen (secondary N) is 1. The summed E-state index contributed by atoms with van der Waals surface area (Å²) in [5, 5.41) is 3.63. The number of benzene rings is 1. The Morgan fingerprint density at radius 3 is 2.33 bits per heavy atom. The van der Waals surface area contributed by atoms with Gasteiger partial charge in [-0.25, -0.2) is 0 Å². The van der Waals surface area contributed by atoms with Crippen molar-refractivity contribution < 1.29 is 4.42 Å². The molecule has 0 saturated heterocycles. The van der Waals surface area contributed by atoms with Crippen molar-refractivity contribution in [1.29, 1.82) is 0 Å². The summed E-state index contributed by atoms with van der Waals surface area (Å²) in [6, 6.07) is 18.5. The maximum absolute atomic E-state index is 5.61. The molecule has 0 saturated carbocycles. The Bertz CT molecular complexity index is 650. The van der Waals surface area contributed by atoms with E-state index in [4.69, 9.17) is 4.42 Å². The van der Waals surface area contributed by atoms with Gasteiger partial charge in [0.05, 0.1) is 12.3 Å². The maximum Gasteiger partial charge on any atom is 0.125 e. The molecule has 21 heavy (non-hydrogen) atoms. The van der Waals surface area contributed by atoms with Crippen LogP contribution in [0.25, 0.3) is 0 Å². The van der Waals surface area contributed by atoms with E-state index in [-0.39, 0.29) is 12.1 Å². The van der Waals surface area contributed by atoms with E-state index >= 15 is 0 Å². The number of pyridine rings is 1. The molecule has 1 aromatic carbocycles. The zero-order valence-electron chi connectivity index (χ0n) is 11.9. The molecule has 2 atom stereocenters. The summed E-state index contributed by atoms with van der Waals surface area (Å²) in [4.78, 5) is 4.07. The summed E-state index contributed by atoms with van der Waals surface area (Å²) < 4.78 is 5.61. The van der Waals surface area contributed by atoms with Crippen LogP contribution in [-0.2, 0) is 0 Å². The van der Waals surface area contributed by atoms with Crippen molar-refractivity contribution in [2.45, 2.75) is 19.0 Å². The molecule has 0 fully saturated rings. The molecule has 3 rings (SSSR count). The maximum atomic E-state index is 5.61. The Hall–Kier alpha value is -2.39. The number of hydrogen-bond donors (Lipinski definition) is 1. The van der Waals surface area contributed by atoms with Crippen LogP contribution in [0.3, 0.4) is 0 Å². The van der Waals surface area contributed by atoms with Gasteiger partial charge in [-0.2, -0.15) is 0 Å². The van der Waals surface area contributed by atoms with Gasteiger partial charge in [-0.1, -0.05) is 30.3 Å². The van der Waals surface area contributed by atoms with Crippen LogP contribution < -0.4 is 5.32 Å². The first-order chi connectivity index (χ1) is 10.3. The second-order valence-corrected chi connectivity index (χ2v) is 5.03. The summed E-state index contributed by atoms with van der Waals surface area (Å²) in [7, 11) is 0. The number of rotatable bonds is 5. The fourth-order valence-electron chi connectivity index (χ4n) is 2.44. The van der Waals surface area contributed by atoms with Crippen LogP contribution in [-0.4, -0.2) is 4.98 Å². The average Bonchev–Trinajstić information content (AvgIpc) is 3.08. The molecule has 3 aromatic rings. The molecule has 3 nitrogen and oxygen atoms in total. The SMILES string of the molecule is C[C@H](NC(c1ccccc1)c1ccco1)c1ccncc1. The third kappa shape index (κ3) is 3.20. The lowest BCUT2D eigenvalue weighted by Gasteiger charge is -2.22. The molecule has 1 N–H and O–H groups in total. The summed E-state index contributed by atoms with van der Waals surface area (Å²) in [5.41, 5.74) is 2.39. The van der Waals surface area contributed by atoms with Crippen LogP contribution in [0, 0.1) is 0 Å². The zero-order chi connectivity index (χ0) is 14.5. The van der Waals surface area contributed by atoms with Crippen molar-refractivity contribution in [2.24, 2.45) is 0 Å². The fourth-order valence-corrected chi connectivity index (χ4v) is 2.44. The Morgan fingerprint density at radius 2 is 1.67 bits per heavy atom. The molecule has 0 amide bonds. The highest BCUT2D eigenvalue weighted by Crippen LogP contribution is 2.26. The van der Waals surface area contributed by atoms with Crippen molar-refractivity contribution in [3.05, 3.63) is 90.1 Å². The molecular weight excluding hydrogens is 260 g/mol. The van der Waals surface area contributed by atoms with E-state index in [9.17, 15) is 0 Å². The summed E-state index contributed by atoms with van der Waals surface area (Å²) in [6.07, 6.45) is 5.35. The van der Waals surface area contributed by atoms with Gasteiger partial charge in [0.2, 0.25) is 0 Å². The van der Waals surface area contributed by atoms with E-state index in [1.165, 1.54) is 11.1 Å². The summed E-state index contributed by atoms with van der Waals surface area (Å²) in [5.74, 6) is 0.919. The Kier molecular flexibility index (Phi) is 4.12. The van der Waals surface area contributed by atoms with E-state index in [1.807, 2.05) is 54.9 Å². The van der Waals surface area contributed by atoms with Crippen LogP contribution in [0.4, 0.5) is 0 Å². The highest BCUT2D eigenvalue weighted by atomic mass is 16.3. The molecule has 0 bridgehead atoms. The lowest BCUT2D eigenvalue weighted by molar-refractivity contribution is 0.419. The number of furan rings is 1. The molecular formula is C18H18N2O. The quantitative estimate of drug-likeness (QED) is 0.763. The predicted molar refractivity (Wildman–Crippen MR) is 82.8 cm³/mol. The third-order valence-electron chi connectivity index (χ3n) is 3.58. The predicted octanol–water partition coefficient (Wildman–Crippen LogP) is 4.11. The first-order valence-electron chi connectivity index (χ1n) is 7.09. The Labute approximate surface area is 124 Å². The number of nitrogens with zero attached hydrogens (tertiary/aromatic N) is 1. The highest BCUT2D eigenvalue weighted by molar-refractivity contribution is 5.27. The van der Waals surface area contributed by atoms with Gasteiger partial charge >= 0.3 is 0 Å². The topological polar surface area (TPSA) is 38.1 Å². The van der Waals surface area contributed by atoms with E-state index in [0.29, 0.717) is 0 Å². The standard InChI is InChI=1S/C18H18N2O/c1-14(15-9-11-19-12-10-15)20-18(17-8-5-13-21-17)16-6-3-2-4-7-16/h2-14,18,20H,1H3/t14-,18?/m0/s1. The Balaban J connectivity index is 1.87. The molecule has 0 aliphatic carbocycles. The van der Waals surface area contributed by atoms with Crippen molar-refractivity contribution in [3.8, 4) is 0 Å². The van der Waals surface area contributed by atoms with Crippen LogP contribution in [0.15, 0.2) is 77.7 Å². The first-order valence-corrected chi connectivity index (χ1v) is 7.09. The summed E-state index contributed by atoms with van der Waals surface area (Å²) in [6.45, 7) is 2.15. The Morgan fingerprint density at radius 1 is 0.905 bits per heavy atom. The van der Waals surface area contributed by atoms with Gasteiger partial charge in [0.1, 0.15) is 5.76 Å². The number of aromatic nitrogens is 1. The van der Waals surface area contributed by atoms with Crippen LogP contribution in [0.2, 0.25) is 0 Å². The normalized spacial score (nSPS) is 13.8. The van der Waals surface area contributed by atoms with Crippen LogP contribution >= 0.6 is 0 Å². The second kappa shape index (κ2) is 6.37. The molecule has 0 radical (unpaired) electrons. The molecule has 3 heteroatoms. The van der Waals surface area contributed by atoms with Gasteiger partial charge in [-0.3, -0.25) is 10.3 Å². The summed E-state index contributed by atoms with van der Waals surface area (Å²) >= 11 is 0. The lowest BCUT2D eigenvalue weighted by atomic mass is 10.0. The second-order valence-electron chi connectivity index (χ2n) is 5.03. The average molecular weight is 278 g/mol. The minimum Gasteiger partial charge on any atom is -0.467 e. The molecule has 1 unspecified atom stereocenters. The van der Waals surface area contributed by atoms with Crippen LogP contribution in [0.5, 0.6) is 0 Å². The van der Waals surface area contributed by atoms with Gasteiger partial charge in [0.15, 0.2) is 0 Å². The first kappa shape index (κ1) is 13.6. The van der Waals surface area contributed by atoms with Crippen molar-refractivity contribution in [1.82, 2.24) is 10.3 Å². The van der Waals surface area contributed by atoms with Gasteiger partial charge in [-0.05, 0) is 42.3 Å². The molecule has 0 aliphatic heterocycles. The number of hydrogen-bond acceptors (Lipinski definition) is 3. The minimum atomic E-state index is 0.0318.